The normalized spacial score (nSPS) is 10.8. The van der Waals surface area contributed by atoms with Gasteiger partial charge in [-0.1, -0.05) is 59.3 Å². The number of benzene rings is 2. The average Bonchev–Trinajstić information content (AvgIpc) is 3.05. The van der Waals surface area contributed by atoms with Crippen molar-refractivity contribution >= 4 is 23.4 Å². The Morgan fingerprint density at radius 3 is 2.33 bits per heavy atom. The first-order valence-corrected chi connectivity index (χ1v) is 9.74. The van der Waals surface area contributed by atoms with Gasteiger partial charge in [0.2, 0.25) is 5.91 Å². The number of rotatable bonds is 7. The Hall–Kier alpha value is -2.57. The van der Waals surface area contributed by atoms with E-state index >= 15 is 0 Å². The molecule has 1 aromatic heterocycles. The molecule has 27 heavy (non-hydrogen) atoms. The molecule has 140 valence electrons. The van der Waals surface area contributed by atoms with E-state index < -0.39 is 0 Å². The van der Waals surface area contributed by atoms with Crippen LogP contribution in [0, 0.1) is 13.8 Å². The van der Waals surface area contributed by atoms with Crippen molar-refractivity contribution < 1.29 is 9.90 Å². The van der Waals surface area contributed by atoms with Crippen LogP contribution in [0.4, 0.5) is 5.69 Å². The van der Waals surface area contributed by atoms with E-state index in [1.165, 1.54) is 17.3 Å². The fourth-order valence-corrected chi connectivity index (χ4v) is 3.44. The monoisotopic (exact) mass is 381 g/mol. The molecule has 3 rings (SSSR count). The quantitative estimate of drug-likeness (QED) is 0.612. The molecule has 6 heteroatoms. The van der Waals surface area contributed by atoms with Crippen LogP contribution < -0.4 is 5.32 Å². The third kappa shape index (κ3) is 5.21. The van der Waals surface area contributed by atoms with Crippen molar-refractivity contribution in [1.82, 2.24) is 9.55 Å². The van der Waals surface area contributed by atoms with Crippen LogP contribution in [0.3, 0.4) is 0 Å². The molecule has 1 amide bonds. The number of hydrogen-bond donors (Lipinski definition) is 2. The maximum absolute atomic E-state index is 12.2. The van der Waals surface area contributed by atoms with Gasteiger partial charge in [0.05, 0.1) is 24.3 Å². The maximum Gasteiger partial charge on any atom is 0.234 e. The summed E-state index contributed by atoms with van der Waals surface area (Å²) in [6.45, 7) is 4.58. The molecule has 0 atom stereocenters. The van der Waals surface area contributed by atoms with Gasteiger partial charge in [-0.3, -0.25) is 4.79 Å². The van der Waals surface area contributed by atoms with Gasteiger partial charge in [-0.15, -0.1) is 0 Å². The number of carbonyl (C=O) groups excluding carboxylic acids is 1. The first kappa shape index (κ1) is 19.2. The lowest BCUT2D eigenvalue weighted by atomic mass is 10.1. The van der Waals surface area contributed by atoms with E-state index in [2.05, 4.69) is 34.6 Å². The van der Waals surface area contributed by atoms with E-state index in [0.29, 0.717) is 6.54 Å². The van der Waals surface area contributed by atoms with Gasteiger partial charge in [0.15, 0.2) is 5.16 Å². The van der Waals surface area contributed by atoms with Gasteiger partial charge in [-0.05, 0) is 31.5 Å². The van der Waals surface area contributed by atoms with Crippen molar-refractivity contribution in [2.24, 2.45) is 0 Å². The molecule has 3 aromatic rings. The molecule has 0 aliphatic rings. The zero-order valence-electron chi connectivity index (χ0n) is 15.5. The molecule has 0 radical (unpaired) electrons. The molecule has 2 aromatic carbocycles. The van der Waals surface area contributed by atoms with Crippen LogP contribution in [0.5, 0.6) is 0 Å². The molecule has 5 nitrogen and oxygen atoms in total. The standard InChI is InChI=1S/C21H23N3O2S/c1-15-3-7-17(8-4-15)12-24-19(13-25)11-22-21(24)27-14-20(26)23-18-9-5-16(2)6-10-18/h3-11,25H,12-14H2,1-2H3,(H,23,26). The molecule has 0 spiro atoms. The molecule has 0 saturated heterocycles. The Labute approximate surface area is 163 Å². The minimum absolute atomic E-state index is 0.0840. The Bertz CT molecular complexity index is 902. The van der Waals surface area contributed by atoms with Gasteiger partial charge in [-0.25, -0.2) is 4.98 Å². The number of imidazole rings is 1. The summed E-state index contributed by atoms with van der Waals surface area (Å²) in [7, 11) is 0. The smallest absolute Gasteiger partial charge is 0.234 e. The molecule has 1 heterocycles. The van der Waals surface area contributed by atoms with Gasteiger partial charge < -0.3 is 15.0 Å². The molecule has 0 aliphatic heterocycles. The fourth-order valence-electron chi connectivity index (χ4n) is 2.64. The van der Waals surface area contributed by atoms with E-state index in [0.717, 1.165) is 27.7 Å². The largest absolute Gasteiger partial charge is 0.390 e. The second kappa shape index (κ2) is 8.88. The molecule has 0 unspecified atom stereocenters. The second-order valence-corrected chi connectivity index (χ2v) is 7.41. The van der Waals surface area contributed by atoms with Gasteiger partial charge in [0.25, 0.3) is 0 Å². The van der Waals surface area contributed by atoms with Gasteiger partial charge >= 0.3 is 0 Å². The van der Waals surface area contributed by atoms with E-state index in [1.54, 1.807) is 6.20 Å². The Balaban J connectivity index is 1.65. The van der Waals surface area contributed by atoms with E-state index in [9.17, 15) is 9.90 Å². The lowest BCUT2D eigenvalue weighted by Gasteiger charge is -2.11. The van der Waals surface area contributed by atoms with Gasteiger partial charge in [-0.2, -0.15) is 0 Å². The number of aryl methyl sites for hydroxylation is 2. The zero-order valence-corrected chi connectivity index (χ0v) is 16.3. The summed E-state index contributed by atoms with van der Waals surface area (Å²) in [5.74, 6) is 0.170. The number of aliphatic hydroxyl groups excluding tert-OH is 1. The van der Waals surface area contributed by atoms with E-state index in [-0.39, 0.29) is 18.3 Å². The number of anilines is 1. The molecular formula is C21H23N3O2S. The van der Waals surface area contributed by atoms with Crippen LogP contribution in [0.1, 0.15) is 22.4 Å². The zero-order chi connectivity index (χ0) is 19.2. The van der Waals surface area contributed by atoms with Crippen LogP contribution in [0.25, 0.3) is 0 Å². The molecule has 0 fully saturated rings. The number of aromatic nitrogens is 2. The predicted octanol–water partition coefficient (Wildman–Crippen LogP) is 3.77. The Morgan fingerprint density at radius 1 is 1.07 bits per heavy atom. The van der Waals surface area contributed by atoms with Crippen molar-refractivity contribution in [3.8, 4) is 0 Å². The minimum Gasteiger partial charge on any atom is -0.390 e. The predicted molar refractivity (Wildman–Crippen MR) is 109 cm³/mol. The number of carbonyl (C=O) groups is 1. The lowest BCUT2D eigenvalue weighted by molar-refractivity contribution is -0.113. The fraction of sp³-hybridized carbons (Fsp3) is 0.238. The van der Waals surface area contributed by atoms with Crippen LogP contribution in [0.2, 0.25) is 0 Å². The van der Waals surface area contributed by atoms with Crippen LogP contribution in [-0.4, -0.2) is 26.3 Å². The van der Waals surface area contributed by atoms with Crippen molar-refractivity contribution in [2.75, 3.05) is 11.1 Å². The Morgan fingerprint density at radius 2 is 1.70 bits per heavy atom. The van der Waals surface area contributed by atoms with Crippen LogP contribution in [0.15, 0.2) is 59.9 Å². The summed E-state index contributed by atoms with van der Waals surface area (Å²) in [5, 5.41) is 13.2. The summed E-state index contributed by atoms with van der Waals surface area (Å²) < 4.78 is 1.95. The summed E-state index contributed by atoms with van der Waals surface area (Å²) in [6, 6.07) is 16.0. The first-order chi connectivity index (χ1) is 13.0. The van der Waals surface area contributed by atoms with Crippen LogP contribution in [-0.2, 0) is 17.9 Å². The highest BCUT2D eigenvalue weighted by Gasteiger charge is 2.13. The average molecular weight is 382 g/mol. The highest BCUT2D eigenvalue weighted by molar-refractivity contribution is 7.99. The van der Waals surface area contributed by atoms with Crippen molar-refractivity contribution in [3.63, 3.8) is 0 Å². The highest BCUT2D eigenvalue weighted by atomic mass is 32.2. The molecule has 0 bridgehead atoms. The van der Waals surface area contributed by atoms with Gasteiger partial charge in [0.1, 0.15) is 0 Å². The third-order valence-electron chi connectivity index (χ3n) is 4.19. The number of hydrogen-bond acceptors (Lipinski definition) is 4. The highest BCUT2D eigenvalue weighted by Crippen LogP contribution is 2.21. The second-order valence-electron chi connectivity index (χ2n) is 6.46. The molecule has 2 N–H and O–H groups in total. The SMILES string of the molecule is Cc1ccc(Cn2c(CO)cnc2SCC(=O)Nc2ccc(C)cc2)cc1. The summed E-state index contributed by atoms with van der Waals surface area (Å²) in [5.41, 5.74) is 4.99. The van der Waals surface area contributed by atoms with Crippen molar-refractivity contribution in [2.45, 2.75) is 32.2 Å². The molecule has 0 aliphatic carbocycles. The number of thioether (sulfide) groups is 1. The van der Waals surface area contributed by atoms with Gasteiger partial charge in [0, 0.05) is 12.2 Å². The number of amides is 1. The van der Waals surface area contributed by atoms with Crippen LogP contribution >= 0.6 is 11.8 Å². The van der Waals surface area contributed by atoms with E-state index in [1.807, 2.05) is 42.7 Å². The lowest BCUT2D eigenvalue weighted by Crippen LogP contribution is -2.15. The number of aliphatic hydroxyl groups is 1. The first-order valence-electron chi connectivity index (χ1n) is 8.75. The molecule has 0 saturated carbocycles. The minimum atomic E-state index is -0.0883. The number of nitrogens with one attached hydrogen (secondary N) is 1. The molecular weight excluding hydrogens is 358 g/mol. The number of nitrogens with zero attached hydrogens (tertiary/aromatic N) is 2. The maximum atomic E-state index is 12.2. The van der Waals surface area contributed by atoms with E-state index in [4.69, 9.17) is 0 Å². The van der Waals surface area contributed by atoms with Crippen molar-refractivity contribution in [3.05, 3.63) is 77.1 Å². The summed E-state index contributed by atoms with van der Waals surface area (Å²) >= 11 is 1.36. The summed E-state index contributed by atoms with van der Waals surface area (Å²) in [4.78, 5) is 16.6. The summed E-state index contributed by atoms with van der Waals surface area (Å²) in [6.07, 6.45) is 1.66. The van der Waals surface area contributed by atoms with Crippen molar-refractivity contribution in [1.29, 1.82) is 0 Å². The topological polar surface area (TPSA) is 67.1 Å². The Kier molecular flexibility index (Phi) is 6.32. The third-order valence-corrected chi connectivity index (χ3v) is 5.18.